The van der Waals surface area contributed by atoms with E-state index in [4.69, 9.17) is 4.74 Å². The molecule has 1 aromatic rings. The number of hydrogen-bond acceptors (Lipinski definition) is 3. The van der Waals surface area contributed by atoms with Crippen molar-refractivity contribution in [2.75, 3.05) is 23.8 Å². The summed E-state index contributed by atoms with van der Waals surface area (Å²) in [5.74, 6) is 0.283. The summed E-state index contributed by atoms with van der Waals surface area (Å²) in [4.78, 5) is 23.1. The van der Waals surface area contributed by atoms with E-state index in [1.54, 1.807) is 24.3 Å². The predicted octanol–water partition coefficient (Wildman–Crippen LogP) is 3.42. The summed E-state index contributed by atoms with van der Waals surface area (Å²) in [6, 6.07) is 6.62. The molecule has 0 fully saturated rings. The van der Waals surface area contributed by atoms with Crippen molar-refractivity contribution in [1.82, 2.24) is 5.32 Å². The Morgan fingerprint density at radius 3 is 2.48 bits per heavy atom. The van der Waals surface area contributed by atoms with Gasteiger partial charge in [-0.15, -0.1) is 0 Å². The lowest BCUT2D eigenvalue weighted by atomic mass is 10.2. The molecule has 0 spiro atoms. The van der Waals surface area contributed by atoms with Gasteiger partial charge in [0.1, 0.15) is 0 Å². The SMILES string of the molecule is CCCNC(=O)Nc1cccc(NC(=O)OCC(C)C)c1. The highest BCUT2D eigenvalue weighted by Crippen LogP contribution is 2.15. The van der Waals surface area contributed by atoms with Crippen molar-refractivity contribution in [1.29, 1.82) is 0 Å². The minimum atomic E-state index is -0.503. The summed E-state index contributed by atoms with van der Waals surface area (Å²) in [5.41, 5.74) is 1.17. The zero-order valence-corrected chi connectivity index (χ0v) is 12.7. The zero-order valence-electron chi connectivity index (χ0n) is 12.7. The van der Waals surface area contributed by atoms with Gasteiger partial charge in [-0.25, -0.2) is 9.59 Å². The van der Waals surface area contributed by atoms with Crippen LogP contribution in [0.2, 0.25) is 0 Å². The maximum Gasteiger partial charge on any atom is 0.411 e. The number of carbonyl (C=O) groups is 2. The van der Waals surface area contributed by atoms with Crippen LogP contribution in [-0.2, 0) is 4.74 Å². The topological polar surface area (TPSA) is 79.5 Å². The van der Waals surface area contributed by atoms with Crippen LogP contribution in [0.5, 0.6) is 0 Å². The van der Waals surface area contributed by atoms with E-state index in [0.29, 0.717) is 24.5 Å². The maximum absolute atomic E-state index is 11.6. The fourth-order valence-electron chi connectivity index (χ4n) is 1.48. The molecule has 1 rings (SSSR count). The predicted molar refractivity (Wildman–Crippen MR) is 83.6 cm³/mol. The van der Waals surface area contributed by atoms with Gasteiger partial charge in [-0.3, -0.25) is 5.32 Å². The number of urea groups is 1. The second kappa shape index (κ2) is 8.84. The average Bonchev–Trinajstić information content (AvgIpc) is 2.43. The van der Waals surface area contributed by atoms with Crippen LogP contribution < -0.4 is 16.0 Å². The number of rotatable bonds is 6. The van der Waals surface area contributed by atoms with Crippen molar-refractivity contribution in [3.63, 3.8) is 0 Å². The first kappa shape index (κ1) is 16.8. The van der Waals surface area contributed by atoms with Crippen LogP contribution >= 0.6 is 0 Å². The molecule has 0 unspecified atom stereocenters. The summed E-state index contributed by atoms with van der Waals surface area (Å²) in [7, 11) is 0. The first-order valence-corrected chi connectivity index (χ1v) is 7.10. The van der Waals surface area contributed by atoms with Gasteiger partial charge in [0, 0.05) is 17.9 Å². The van der Waals surface area contributed by atoms with Crippen LogP contribution in [-0.4, -0.2) is 25.3 Å². The van der Waals surface area contributed by atoms with E-state index in [9.17, 15) is 9.59 Å². The van der Waals surface area contributed by atoms with Crippen molar-refractivity contribution >= 4 is 23.5 Å². The van der Waals surface area contributed by atoms with Gasteiger partial charge >= 0.3 is 12.1 Å². The number of hydrogen-bond donors (Lipinski definition) is 3. The maximum atomic E-state index is 11.6. The van der Waals surface area contributed by atoms with E-state index in [2.05, 4.69) is 16.0 Å². The van der Waals surface area contributed by atoms with Gasteiger partial charge in [-0.05, 0) is 30.5 Å². The molecule has 0 bridgehead atoms. The third-order valence-electron chi connectivity index (χ3n) is 2.45. The number of anilines is 2. The molecular formula is C15H23N3O3. The summed E-state index contributed by atoms with van der Waals surface area (Å²) in [6.45, 7) is 6.89. The molecule has 3 N–H and O–H groups in total. The lowest BCUT2D eigenvalue weighted by Gasteiger charge is -2.10. The Balaban J connectivity index is 2.52. The summed E-state index contributed by atoms with van der Waals surface area (Å²) >= 11 is 0. The highest BCUT2D eigenvalue weighted by Gasteiger charge is 2.06. The van der Waals surface area contributed by atoms with E-state index in [-0.39, 0.29) is 11.9 Å². The molecule has 0 heterocycles. The molecule has 1 aromatic carbocycles. The molecule has 3 amide bonds. The molecule has 0 saturated heterocycles. The fourth-order valence-corrected chi connectivity index (χ4v) is 1.48. The molecule has 21 heavy (non-hydrogen) atoms. The number of nitrogens with one attached hydrogen (secondary N) is 3. The second-order valence-corrected chi connectivity index (χ2v) is 5.08. The first-order chi connectivity index (χ1) is 10.0. The summed E-state index contributed by atoms with van der Waals surface area (Å²) < 4.78 is 5.03. The standard InChI is InChI=1S/C15H23N3O3/c1-4-8-16-14(19)17-12-6-5-7-13(9-12)18-15(20)21-10-11(2)3/h5-7,9,11H,4,8,10H2,1-3H3,(H,18,20)(H2,16,17,19). The Morgan fingerprint density at radius 1 is 1.19 bits per heavy atom. The van der Waals surface area contributed by atoms with E-state index < -0.39 is 6.09 Å². The quantitative estimate of drug-likeness (QED) is 0.752. The van der Waals surface area contributed by atoms with E-state index in [1.807, 2.05) is 20.8 Å². The van der Waals surface area contributed by atoms with E-state index in [0.717, 1.165) is 6.42 Å². The highest BCUT2D eigenvalue weighted by molar-refractivity contribution is 5.91. The van der Waals surface area contributed by atoms with Crippen LogP contribution in [0.25, 0.3) is 0 Å². The van der Waals surface area contributed by atoms with Crippen molar-refractivity contribution in [2.45, 2.75) is 27.2 Å². The molecule has 6 nitrogen and oxygen atoms in total. The zero-order chi connectivity index (χ0) is 15.7. The lowest BCUT2D eigenvalue weighted by Crippen LogP contribution is -2.29. The van der Waals surface area contributed by atoms with Crippen molar-refractivity contribution in [2.24, 2.45) is 5.92 Å². The van der Waals surface area contributed by atoms with Crippen LogP contribution in [0, 0.1) is 5.92 Å². The summed E-state index contributed by atoms with van der Waals surface area (Å²) in [6.07, 6.45) is 0.368. The molecule has 0 aliphatic heterocycles. The normalized spacial score (nSPS) is 10.1. The number of ether oxygens (including phenoxy) is 1. The Bertz CT molecular complexity index is 475. The minimum Gasteiger partial charge on any atom is -0.449 e. The third-order valence-corrected chi connectivity index (χ3v) is 2.45. The Kier molecular flexibility index (Phi) is 7.08. The van der Waals surface area contributed by atoms with Gasteiger partial charge in [0.15, 0.2) is 0 Å². The highest BCUT2D eigenvalue weighted by atomic mass is 16.5. The van der Waals surface area contributed by atoms with Gasteiger partial charge in [0.25, 0.3) is 0 Å². The van der Waals surface area contributed by atoms with E-state index in [1.165, 1.54) is 0 Å². The first-order valence-electron chi connectivity index (χ1n) is 7.10. The van der Waals surface area contributed by atoms with Gasteiger partial charge in [-0.2, -0.15) is 0 Å². The van der Waals surface area contributed by atoms with Gasteiger partial charge < -0.3 is 15.4 Å². The van der Waals surface area contributed by atoms with Gasteiger partial charge in [-0.1, -0.05) is 26.8 Å². The van der Waals surface area contributed by atoms with E-state index >= 15 is 0 Å². The minimum absolute atomic E-state index is 0.267. The molecule has 6 heteroatoms. The lowest BCUT2D eigenvalue weighted by molar-refractivity contribution is 0.147. The van der Waals surface area contributed by atoms with Crippen LogP contribution in [0.3, 0.4) is 0 Å². The van der Waals surface area contributed by atoms with Crippen LogP contribution in [0.1, 0.15) is 27.2 Å². The molecule has 0 aliphatic carbocycles. The molecule has 0 aliphatic rings. The Labute approximate surface area is 125 Å². The molecule has 0 saturated carbocycles. The number of amides is 3. The molecule has 0 radical (unpaired) electrons. The smallest absolute Gasteiger partial charge is 0.411 e. The van der Waals surface area contributed by atoms with Crippen molar-refractivity contribution in [3.05, 3.63) is 24.3 Å². The monoisotopic (exact) mass is 293 g/mol. The molecule has 0 aromatic heterocycles. The molecule has 116 valence electrons. The van der Waals surface area contributed by atoms with Gasteiger partial charge in [0.05, 0.1) is 6.61 Å². The Morgan fingerprint density at radius 2 is 1.86 bits per heavy atom. The van der Waals surface area contributed by atoms with Crippen LogP contribution in [0.4, 0.5) is 21.0 Å². The second-order valence-electron chi connectivity index (χ2n) is 5.08. The van der Waals surface area contributed by atoms with Gasteiger partial charge in [0.2, 0.25) is 0 Å². The number of benzene rings is 1. The molecular weight excluding hydrogens is 270 g/mol. The largest absolute Gasteiger partial charge is 0.449 e. The van der Waals surface area contributed by atoms with Crippen molar-refractivity contribution in [3.8, 4) is 0 Å². The van der Waals surface area contributed by atoms with Crippen molar-refractivity contribution < 1.29 is 14.3 Å². The Hall–Kier alpha value is -2.24. The molecule has 0 atom stereocenters. The fraction of sp³-hybridized carbons (Fsp3) is 0.467. The average molecular weight is 293 g/mol. The van der Waals surface area contributed by atoms with Crippen LogP contribution in [0.15, 0.2) is 24.3 Å². The number of carbonyl (C=O) groups excluding carboxylic acids is 2. The summed E-state index contributed by atoms with van der Waals surface area (Å²) in [5, 5.41) is 8.03. The third kappa shape index (κ3) is 7.20.